The quantitative estimate of drug-likeness (QED) is 0.308. The summed E-state index contributed by atoms with van der Waals surface area (Å²) in [5.74, 6) is -4.52. The van der Waals surface area contributed by atoms with Crippen LogP contribution in [0.15, 0.2) is 36.4 Å². The minimum atomic E-state index is -3.67. The van der Waals surface area contributed by atoms with Gasteiger partial charge in [-0.05, 0) is 48.9 Å². The van der Waals surface area contributed by atoms with Crippen LogP contribution in [0.3, 0.4) is 0 Å². The molecular weight excluding hydrogens is 648 g/mol. The van der Waals surface area contributed by atoms with Crippen LogP contribution in [0.2, 0.25) is 10.0 Å². The molecule has 2 unspecified atom stereocenters. The van der Waals surface area contributed by atoms with Gasteiger partial charge in [-0.2, -0.15) is 0 Å². The first kappa shape index (κ1) is 34.6. The van der Waals surface area contributed by atoms with Crippen LogP contribution in [0.1, 0.15) is 55.7 Å². The summed E-state index contributed by atoms with van der Waals surface area (Å²) in [7, 11) is -3.67. The molecule has 0 aromatic heterocycles. The lowest BCUT2D eigenvalue weighted by molar-refractivity contribution is -0.148. The molecule has 2 aromatic rings. The van der Waals surface area contributed by atoms with Crippen molar-refractivity contribution in [3.63, 3.8) is 0 Å². The van der Waals surface area contributed by atoms with E-state index in [4.69, 9.17) is 28.9 Å². The Balaban J connectivity index is 1.74. The van der Waals surface area contributed by atoms with Crippen molar-refractivity contribution in [3.8, 4) is 0 Å². The number of benzene rings is 2. The molecule has 1 fully saturated rings. The molecule has 0 spiro atoms. The summed E-state index contributed by atoms with van der Waals surface area (Å²) in [6.45, 7) is 1.01. The van der Waals surface area contributed by atoms with Gasteiger partial charge in [0.25, 0.3) is 0 Å². The second-order valence-electron chi connectivity index (χ2n) is 11.3. The largest absolute Gasteiger partial charge is 0.368 e. The maximum Gasteiger partial charge on any atom is 0.240 e. The second kappa shape index (κ2) is 14.9. The molecule has 11 nitrogen and oxygen atoms in total. The topological polar surface area (TPSA) is 159 Å². The van der Waals surface area contributed by atoms with E-state index in [0.717, 1.165) is 25.5 Å². The van der Waals surface area contributed by atoms with Crippen molar-refractivity contribution in [2.75, 3.05) is 31.2 Å². The van der Waals surface area contributed by atoms with Gasteiger partial charge in [-0.3, -0.25) is 19.2 Å². The van der Waals surface area contributed by atoms with Crippen LogP contribution in [-0.2, 0) is 35.6 Å². The van der Waals surface area contributed by atoms with Gasteiger partial charge in [0.15, 0.2) is 5.82 Å². The lowest BCUT2D eigenvalue weighted by atomic mass is 9.79. The average Bonchev–Trinajstić information content (AvgIpc) is 3.01. The molecular formula is C30H36Cl2FN5O6S. The monoisotopic (exact) mass is 683 g/mol. The molecule has 0 aliphatic carbocycles. The summed E-state index contributed by atoms with van der Waals surface area (Å²) in [5.41, 5.74) is 6.74. The van der Waals surface area contributed by atoms with Crippen molar-refractivity contribution < 1.29 is 32.0 Å². The number of sulfonamides is 1. The fraction of sp³-hybridized carbons (Fsp3) is 0.467. The normalized spacial score (nSPS) is 19.0. The highest BCUT2D eigenvalue weighted by Crippen LogP contribution is 2.41. The van der Waals surface area contributed by atoms with Gasteiger partial charge in [0, 0.05) is 38.9 Å². The van der Waals surface area contributed by atoms with E-state index in [0.29, 0.717) is 24.2 Å². The molecule has 0 radical (unpaired) electrons. The number of primary amides is 1. The van der Waals surface area contributed by atoms with Crippen LogP contribution < -0.4 is 15.8 Å². The van der Waals surface area contributed by atoms with Crippen LogP contribution in [-0.4, -0.2) is 73.8 Å². The van der Waals surface area contributed by atoms with Gasteiger partial charge < -0.3 is 20.9 Å². The first-order valence-corrected chi connectivity index (χ1v) is 17.3. The van der Waals surface area contributed by atoms with Gasteiger partial charge in [0.2, 0.25) is 33.7 Å². The standard InChI is InChI=1S/C30H36Cl2FN5O6S/c1-45(43,44)35-14-13-20(30(42)36-22-10-9-21(31)26(32)27(22)33)28-19-8-4-3-7-18(19)17-23(29(34)41)38(28)25(40)12-11-24(39)37-15-5-2-6-16-37/h3-4,7-10,20,23,28,35H,2,5-6,11-17H2,1H3,(H2,34,41)(H,36,42)/t20-,23?,28?/m0/s1. The zero-order valence-corrected chi connectivity index (χ0v) is 27.1. The van der Waals surface area contributed by atoms with Crippen molar-refractivity contribution in [1.82, 2.24) is 14.5 Å². The van der Waals surface area contributed by atoms with E-state index in [9.17, 15) is 32.0 Å². The Kier molecular flexibility index (Phi) is 11.5. The first-order chi connectivity index (χ1) is 21.3. The summed E-state index contributed by atoms with van der Waals surface area (Å²) >= 11 is 11.9. The highest BCUT2D eigenvalue weighted by Gasteiger charge is 2.45. The van der Waals surface area contributed by atoms with Crippen molar-refractivity contribution in [1.29, 1.82) is 0 Å². The fourth-order valence-corrected chi connectivity index (χ4v) is 6.76. The maximum atomic E-state index is 15.0. The molecule has 0 bridgehead atoms. The number of anilines is 1. The predicted molar refractivity (Wildman–Crippen MR) is 168 cm³/mol. The number of carbonyl (C=O) groups is 4. The Hall–Kier alpha value is -3.26. The summed E-state index contributed by atoms with van der Waals surface area (Å²) < 4.78 is 41.2. The Labute approximate surface area is 271 Å². The third kappa shape index (κ3) is 8.51. The molecule has 2 aromatic carbocycles. The number of nitrogens with one attached hydrogen (secondary N) is 2. The highest BCUT2D eigenvalue weighted by molar-refractivity contribution is 7.88. The summed E-state index contributed by atoms with van der Waals surface area (Å²) in [6.07, 6.45) is 3.33. The molecule has 45 heavy (non-hydrogen) atoms. The summed E-state index contributed by atoms with van der Waals surface area (Å²) in [5, 5.41) is 2.03. The minimum absolute atomic E-state index is 0.0672. The third-order valence-corrected chi connectivity index (χ3v) is 9.64. The van der Waals surface area contributed by atoms with Gasteiger partial charge in [-0.15, -0.1) is 0 Å². The Morgan fingerprint density at radius 1 is 1.02 bits per heavy atom. The van der Waals surface area contributed by atoms with Gasteiger partial charge in [0.1, 0.15) is 6.04 Å². The Bertz CT molecular complexity index is 1570. The van der Waals surface area contributed by atoms with E-state index >= 15 is 0 Å². The zero-order valence-electron chi connectivity index (χ0n) is 24.7. The van der Waals surface area contributed by atoms with E-state index < -0.39 is 56.6 Å². The van der Waals surface area contributed by atoms with Crippen LogP contribution in [0.5, 0.6) is 0 Å². The lowest BCUT2D eigenvalue weighted by Crippen LogP contribution is -2.56. The van der Waals surface area contributed by atoms with Crippen molar-refractivity contribution >= 4 is 62.5 Å². The van der Waals surface area contributed by atoms with Gasteiger partial charge in [-0.25, -0.2) is 17.5 Å². The lowest BCUT2D eigenvalue weighted by Gasteiger charge is -2.45. The number of nitrogens with zero attached hydrogens (tertiary/aromatic N) is 2. The second-order valence-corrected chi connectivity index (χ2v) is 13.9. The van der Waals surface area contributed by atoms with E-state index in [1.54, 1.807) is 29.2 Å². The smallest absolute Gasteiger partial charge is 0.240 e. The molecule has 0 saturated carbocycles. The number of hydrogen-bond acceptors (Lipinski definition) is 6. The molecule has 15 heteroatoms. The van der Waals surface area contributed by atoms with Crippen molar-refractivity contribution in [2.24, 2.45) is 11.7 Å². The number of hydrogen-bond donors (Lipinski definition) is 3. The Morgan fingerprint density at radius 3 is 2.36 bits per heavy atom. The minimum Gasteiger partial charge on any atom is -0.368 e. The molecule has 2 aliphatic rings. The van der Waals surface area contributed by atoms with E-state index in [1.165, 1.54) is 17.0 Å². The van der Waals surface area contributed by atoms with Gasteiger partial charge >= 0.3 is 0 Å². The van der Waals surface area contributed by atoms with Crippen LogP contribution in [0.4, 0.5) is 10.1 Å². The molecule has 4 N–H and O–H groups in total. The third-order valence-electron chi connectivity index (χ3n) is 8.13. The number of carbonyl (C=O) groups excluding carboxylic acids is 4. The average molecular weight is 685 g/mol. The number of piperidine rings is 1. The summed E-state index contributed by atoms with van der Waals surface area (Å²) in [6, 6.07) is 7.16. The van der Waals surface area contributed by atoms with E-state index in [1.807, 2.05) is 0 Å². The molecule has 3 atom stereocenters. The molecule has 244 valence electrons. The molecule has 4 amide bonds. The number of rotatable bonds is 11. The van der Waals surface area contributed by atoms with Crippen LogP contribution in [0.25, 0.3) is 0 Å². The highest BCUT2D eigenvalue weighted by atomic mass is 35.5. The zero-order chi connectivity index (χ0) is 32.9. The van der Waals surface area contributed by atoms with Crippen LogP contribution >= 0.6 is 23.2 Å². The fourth-order valence-electron chi connectivity index (χ4n) is 5.96. The molecule has 1 saturated heterocycles. The van der Waals surface area contributed by atoms with Gasteiger partial charge in [-0.1, -0.05) is 47.5 Å². The number of fused-ring (bicyclic) bond motifs is 1. The number of amides is 4. The van der Waals surface area contributed by atoms with Crippen molar-refractivity contribution in [3.05, 3.63) is 63.4 Å². The molecule has 4 rings (SSSR count). The van der Waals surface area contributed by atoms with E-state index in [2.05, 4.69) is 10.0 Å². The predicted octanol–water partition coefficient (Wildman–Crippen LogP) is 3.40. The summed E-state index contributed by atoms with van der Waals surface area (Å²) in [4.78, 5) is 56.7. The number of likely N-dealkylation sites (tertiary alicyclic amines) is 1. The molecule has 2 heterocycles. The van der Waals surface area contributed by atoms with Gasteiger partial charge in [0.05, 0.1) is 33.9 Å². The number of nitrogens with two attached hydrogens (primary N) is 1. The first-order valence-electron chi connectivity index (χ1n) is 14.6. The number of halogens is 3. The molecule has 2 aliphatic heterocycles. The van der Waals surface area contributed by atoms with Crippen molar-refractivity contribution in [2.45, 2.75) is 57.0 Å². The maximum absolute atomic E-state index is 15.0. The SMILES string of the molecule is CS(=O)(=O)NCC[C@H](C(=O)Nc1ccc(Cl)c(Cl)c1F)C1c2ccccc2CC(C(N)=O)N1C(=O)CCC(=O)N1CCCCC1. The Morgan fingerprint density at radius 2 is 1.69 bits per heavy atom. The van der Waals surface area contributed by atoms with Crippen LogP contribution in [0, 0.1) is 11.7 Å². The van der Waals surface area contributed by atoms with E-state index in [-0.39, 0.29) is 48.8 Å².